The predicted octanol–water partition coefficient (Wildman–Crippen LogP) is 2.13. The Balaban J connectivity index is 2.22. The molecule has 2 N–H and O–H groups in total. The van der Waals surface area contributed by atoms with E-state index in [1.54, 1.807) is 0 Å². The molecule has 0 aliphatic heterocycles. The van der Waals surface area contributed by atoms with Crippen molar-refractivity contribution in [2.75, 3.05) is 0 Å². The van der Waals surface area contributed by atoms with E-state index in [4.69, 9.17) is 0 Å². The highest BCUT2D eigenvalue weighted by molar-refractivity contribution is 5.98. The highest BCUT2D eigenvalue weighted by atomic mass is 19.1. The Kier molecular flexibility index (Phi) is 4.32. The lowest BCUT2D eigenvalue weighted by Gasteiger charge is -2.29. The van der Waals surface area contributed by atoms with E-state index in [2.05, 4.69) is 10.3 Å². The maximum Gasteiger partial charge on any atom is 0.329 e. The number of aliphatic carboxylic acids is 1. The van der Waals surface area contributed by atoms with Crippen LogP contribution in [0.4, 0.5) is 4.39 Å². The van der Waals surface area contributed by atoms with Gasteiger partial charge in [0.25, 0.3) is 5.91 Å². The highest BCUT2D eigenvalue weighted by Gasteiger charge is 2.40. The van der Waals surface area contributed by atoms with Crippen LogP contribution in [0.1, 0.15) is 48.9 Å². The number of halogens is 1. The van der Waals surface area contributed by atoms with E-state index >= 15 is 0 Å². The number of hydrogen-bond donors (Lipinski definition) is 2. The first kappa shape index (κ1) is 14.4. The second kappa shape index (κ2) is 5.98. The van der Waals surface area contributed by atoms with Gasteiger partial charge in [0.05, 0.1) is 11.8 Å². The highest BCUT2D eigenvalue weighted by Crippen LogP contribution is 2.28. The molecule has 108 valence electrons. The Morgan fingerprint density at radius 3 is 2.45 bits per heavy atom. The number of nitrogens with one attached hydrogen (secondary N) is 1. The number of carbonyl (C=O) groups excluding carboxylic acids is 1. The quantitative estimate of drug-likeness (QED) is 0.831. The minimum atomic E-state index is -1.29. The maximum atomic E-state index is 13.5. The molecule has 1 aliphatic rings. The smallest absolute Gasteiger partial charge is 0.329 e. The van der Waals surface area contributed by atoms with Gasteiger partial charge >= 0.3 is 5.97 Å². The lowest BCUT2D eigenvalue weighted by atomic mass is 9.90. The average Bonchev–Trinajstić information content (AvgIpc) is 2.65. The molecule has 0 saturated heterocycles. The van der Waals surface area contributed by atoms with Crippen molar-refractivity contribution in [2.24, 2.45) is 0 Å². The number of nitrogens with zero attached hydrogens (tertiary/aromatic N) is 1. The van der Waals surface area contributed by atoms with Crippen LogP contribution in [0.5, 0.6) is 0 Å². The van der Waals surface area contributed by atoms with Gasteiger partial charge < -0.3 is 10.4 Å². The van der Waals surface area contributed by atoms with Crippen molar-refractivity contribution in [1.29, 1.82) is 0 Å². The predicted molar refractivity (Wildman–Crippen MR) is 69.7 cm³/mol. The minimum absolute atomic E-state index is 0.176. The summed E-state index contributed by atoms with van der Waals surface area (Å²) in [5, 5.41) is 12.0. The molecule has 1 aliphatic carbocycles. The van der Waals surface area contributed by atoms with Crippen LogP contribution in [-0.2, 0) is 4.79 Å². The summed E-state index contributed by atoms with van der Waals surface area (Å²) in [4.78, 5) is 27.2. The summed E-state index contributed by atoms with van der Waals surface area (Å²) < 4.78 is 13.5. The van der Waals surface area contributed by atoms with E-state index in [0.717, 1.165) is 31.9 Å². The molecule has 1 aromatic heterocycles. The maximum absolute atomic E-state index is 13.5. The van der Waals surface area contributed by atoms with Gasteiger partial charge in [-0.15, -0.1) is 0 Å². The van der Waals surface area contributed by atoms with Crippen molar-refractivity contribution in [1.82, 2.24) is 10.3 Å². The zero-order valence-electron chi connectivity index (χ0n) is 11.1. The Labute approximate surface area is 116 Å². The summed E-state index contributed by atoms with van der Waals surface area (Å²) in [6.07, 6.45) is 6.38. The fourth-order valence-corrected chi connectivity index (χ4v) is 2.57. The Morgan fingerprint density at radius 1 is 1.25 bits per heavy atom. The standard InChI is InChI=1S/C14H17FN2O3/c15-11-9-16-8-5-10(11)12(18)17-14(13(19)20)6-3-1-2-4-7-14/h5,8-9H,1-4,6-7H2,(H,17,18)(H,19,20). The molecule has 0 aromatic carbocycles. The van der Waals surface area contributed by atoms with Crippen LogP contribution < -0.4 is 5.32 Å². The molecule has 0 unspecified atom stereocenters. The fourth-order valence-electron chi connectivity index (χ4n) is 2.57. The van der Waals surface area contributed by atoms with E-state index in [0.29, 0.717) is 12.8 Å². The summed E-state index contributed by atoms with van der Waals surface area (Å²) in [5.74, 6) is -2.50. The summed E-state index contributed by atoms with van der Waals surface area (Å²) >= 11 is 0. The van der Waals surface area contributed by atoms with Crippen molar-refractivity contribution in [3.05, 3.63) is 29.8 Å². The van der Waals surface area contributed by atoms with E-state index in [-0.39, 0.29) is 5.56 Å². The topological polar surface area (TPSA) is 79.3 Å². The zero-order valence-corrected chi connectivity index (χ0v) is 11.1. The molecule has 0 atom stereocenters. The van der Waals surface area contributed by atoms with Crippen LogP contribution >= 0.6 is 0 Å². The molecular formula is C14H17FN2O3. The molecule has 0 bridgehead atoms. The van der Waals surface area contributed by atoms with Gasteiger partial charge in [-0.2, -0.15) is 0 Å². The molecule has 1 fully saturated rings. The Bertz CT molecular complexity index is 511. The molecule has 1 aromatic rings. The number of pyridine rings is 1. The van der Waals surface area contributed by atoms with Crippen molar-refractivity contribution in [2.45, 2.75) is 44.1 Å². The second-order valence-corrected chi connectivity index (χ2v) is 5.11. The Morgan fingerprint density at radius 2 is 1.90 bits per heavy atom. The van der Waals surface area contributed by atoms with Gasteiger partial charge in [-0.1, -0.05) is 25.7 Å². The number of amides is 1. The largest absolute Gasteiger partial charge is 0.480 e. The van der Waals surface area contributed by atoms with Crippen LogP contribution in [0.2, 0.25) is 0 Å². The number of carbonyl (C=O) groups is 2. The van der Waals surface area contributed by atoms with Crippen LogP contribution in [-0.4, -0.2) is 27.5 Å². The molecule has 1 amide bonds. The van der Waals surface area contributed by atoms with Gasteiger partial charge in [0.1, 0.15) is 5.54 Å². The van der Waals surface area contributed by atoms with Crippen LogP contribution in [0.25, 0.3) is 0 Å². The first-order valence-corrected chi connectivity index (χ1v) is 6.71. The first-order valence-electron chi connectivity index (χ1n) is 6.71. The van der Waals surface area contributed by atoms with Crippen molar-refractivity contribution in [3.63, 3.8) is 0 Å². The molecule has 20 heavy (non-hydrogen) atoms. The summed E-state index contributed by atoms with van der Waals surface area (Å²) in [5.41, 5.74) is -1.46. The van der Waals surface area contributed by atoms with Gasteiger partial charge in [0.15, 0.2) is 5.82 Å². The molecule has 5 nitrogen and oxygen atoms in total. The van der Waals surface area contributed by atoms with Gasteiger partial charge in [-0.25, -0.2) is 9.18 Å². The van der Waals surface area contributed by atoms with Crippen molar-refractivity contribution < 1.29 is 19.1 Å². The summed E-state index contributed by atoms with van der Waals surface area (Å²) in [6, 6.07) is 1.25. The van der Waals surface area contributed by atoms with Crippen molar-refractivity contribution in [3.8, 4) is 0 Å². The van der Waals surface area contributed by atoms with E-state index in [1.165, 1.54) is 12.3 Å². The van der Waals surface area contributed by atoms with Crippen LogP contribution in [0, 0.1) is 5.82 Å². The number of aromatic nitrogens is 1. The molecule has 1 saturated carbocycles. The number of rotatable bonds is 3. The third-order valence-electron chi connectivity index (χ3n) is 3.74. The lowest BCUT2D eigenvalue weighted by Crippen LogP contribution is -2.54. The van der Waals surface area contributed by atoms with Crippen LogP contribution in [0.3, 0.4) is 0 Å². The molecule has 0 spiro atoms. The Hall–Kier alpha value is -1.98. The van der Waals surface area contributed by atoms with Crippen LogP contribution in [0.15, 0.2) is 18.5 Å². The van der Waals surface area contributed by atoms with Gasteiger partial charge in [0, 0.05) is 6.20 Å². The molecule has 2 rings (SSSR count). The molecule has 0 radical (unpaired) electrons. The van der Waals surface area contributed by atoms with Crippen molar-refractivity contribution >= 4 is 11.9 Å². The van der Waals surface area contributed by atoms with Gasteiger partial charge in [-0.05, 0) is 18.9 Å². The number of hydrogen-bond acceptors (Lipinski definition) is 3. The third-order valence-corrected chi connectivity index (χ3v) is 3.74. The van der Waals surface area contributed by atoms with Gasteiger partial charge in [0.2, 0.25) is 0 Å². The number of carboxylic acids is 1. The first-order chi connectivity index (χ1) is 9.55. The van der Waals surface area contributed by atoms with E-state index < -0.39 is 23.2 Å². The summed E-state index contributed by atoms with van der Waals surface area (Å²) in [7, 11) is 0. The zero-order chi connectivity index (χ0) is 14.6. The van der Waals surface area contributed by atoms with E-state index in [9.17, 15) is 19.1 Å². The minimum Gasteiger partial charge on any atom is -0.480 e. The third kappa shape index (κ3) is 2.95. The number of carboxylic acid groups (broad SMARTS) is 1. The molecular weight excluding hydrogens is 263 g/mol. The average molecular weight is 280 g/mol. The van der Waals surface area contributed by atoms with E-state index in [1.807, 2.05) is 0 Å². The second-order valence-electron chi connectivity index (χ2n) is 5.11. The lowest BCUT2D eigenvalue weighted by molar-refractivity contribution is -0.145. The molecule has 6 heteroatoms. The SMILES string of the molecule is O=C(NC1(C(=O)O)CCCCCC1)c1ccncc1F. The summed E-state index contributed by atoms with van der Waals surface area (Å²) in [6.45, 7) is 0. The molecule has 1 heterocycles. The normalized spacial score (nSPS) is 18.1. The van der Waals surface area contributed by atoms with Gasteiger partial charge in [-0.3, -0.25) is 9.78 Å². The monoisotopic (exact) mass is 280 g/mol. The fraction of sp³-hybridized carbons (Fsp3) is 0.500.